The predicted octanol–water partition coefficient (Wildman–Crippen LogP) is 3.95. The topological polar surface area (TPSA) is 26.3 Å². The molecule has 2 aromatic rings. The van der Waals surface area contributed by atoms with E-state index in [2.05, 4.69) is 0 Å². The number of rotatable bonds is 3. The molecule has 2 rings (SSSR count). The molecule has 0 amide bonds. The minimum Gasteiger partial charge on any atom is -0.462 e. The van der Waals surface area contributed by atoms with Crippen LogP contribution in [0.2, 0.25) is 0 Å². The molecule has 0 saturated carbocycles. The Morgan fingerprint density at radius 1 is 1.10 bits per heavy atom. The summed E-state index contributed by atoms with van der Waals surface area (Å²) in [5.74, 6) is -3.58. The molecule has 20 heavy (non-hydrogen) atoms. The average molecular weight is 280 g/mol. The molecule has 0 aliphatic carbocycles. The number of carbonyl (C=O) groups is 1. The molecule has 0 N–H and O–H groups in total. The summed E-state index contributed by atoms with van der Waals surface area (Å²) in [5, 5.41) is 0. The molecule has 2 aromatic carbocycles. The van der Waals surface area contributed by atoms with Gasteiger partial charge in [-0.1, -0.05) is 12.1 Å². The first-order valence-electron chi connectivity index (χ1n) is 5.95. The fourth-order valence-corrected chi connectivity index (χ4v) is 1.84. The van der Waals surface area contributed by atoms with Gasteiger partial charge in [-0.25, -0.2) is 18.0 Å². The Hall–Kier alpha value is -2.30. The number of carbonyl (C=O) groups excluding carboxylic acids is 1. The van der Waals surface area contributed by atoms with Gasteiger partial charge in [0.25, 0.3) is 0 Å². The summed E-state index contributed by atoms with van der Waals surface area (Å²) in [6, 6.07) is 6.73. The van der Waals surface area contributed by atoms with Crippen LogP contribution in [-0.2, 0) is 4.74 Å². The predicted molar refractivity (Wildman–Crippen MR) is 67.7 cm³/mol. The highest BCUT2D eigenvalue weighted by Gasteiger charge is 2.18. The van der Waals surface area contributed by atoms with Gasteiger partial charge in [-0.2, -0.15) is 0 Å². The van der Waals surface area contributed by atoms with Crippen molar-refractivity contribution in [3.05, 3.63) is 59.4 Å². The maximum absolute atomic E-state index is 13.8. The summed E-state index contributed by atoms with van der Waals surface area (Å²) in [4.78, 5) is 11.8. The fourth-order valence-electron chi connectivity index (χ4n) is 1.84. The second-order valence-electron chi connectivity index (χ2n) is 4.01. The minimum atomic E-state index is -1.14. The third-order valence-corrected chi connectivity index (χ3v) is 2.72. The van der Waals surface area contributed by atoms with Crippen LogP contribution in [0.3, 0.4) is 0 Å². The molecule has 0 heterocycles. The highest BCUT2D eigenvalue weighted by molar-refractivity contribution is 5.97. The minimum absolute atomic E-state index is 0.0160. The molecule has 2 nitrogen and oxygen atoms in total. The van der Waals surface area contributed by atoms with Crippen molar-refractivity contribution >= 4 is 5.97 Å². The highest BCUT2D eigenvalue weighted by atomic mass is 19.2. The normalized spacial score (nSPS) is 10.4. The van der Waals surface area contributed by atoms with Crippen LogP contribution >= 0.6 is 0 Å². The van der Waals surface area contributed by atoms with Crippen molar-refractivity contribution < 1.29 is 22.7 Å². The molecular formula is C15H11F3O2. The van der Waals surface area contributed by atoms with E-state index in [1.54, 1.807) is 6.92 Å². The van der Waals surface area contributed by atoms with E-state index in [9.17, 15) is 18.0 Å². The maximum atomic E-state index is 13.8. The summed E-state index contributed by atoms with van der Waals surface area (Å²) in [6.07, 6.45) is 0. The Bertz CT molecular complexity index is 654. The smallest absolute Gasteiger partial charge is 0.338 e. The lowest BCUT2D eigenvalue weighted by Crippen LogP contribution is -2.07. The summed E-state index contributed by atoms with van der Waals surface area (Å²) >= 11 is 0. The van der Waals surface area contributed by atoms with Crippen LogP contribution in [0.4, 0.5) is 13.2 Å². The molecule has 0 bridgehead atoms. The fraction of sp³-hybridized carbons (Fsp3) is 0.133. The van der Waals surface area contributed by atoms with Crippen LogP contribution in [0.15, 0.2) is 36.4 Å². The molecule has 104 valence electrons. The van der Waals surface area contributed by atoms with Gasteiger partial charge in [-0.3, -0.25) is 0 Å². The third kappa shape index (κ3) is 2.66. The van der Waals surface area contributed by atoms with E-state index in [1.807, 2.05) is 0 Å². The lowest BCUT2D eigenvalue weighted by atomic mass is 9.99. The molecule has 0 atom stereocenters. The molecule has 5 heteroatoms. The molecule has 0 aromatic heterocycles. The van der Waals surface area contributed by atoms with Crippen LogP contribution in [0.5, 0.6) is 0 Å². The molecular weight excluding hydrogens is 269 g/mol. The van der Waals surface area contributed by atoms with Crippen molar-refractivity contribution in [1.29, 1.82) is 0 Å². The largest absolute Gasteiger partial charge is 0.462 e. The highest BCUT2D eigenvalue weighted by Crippen LogP contribution is 2.29. The van der Waals surface area contributed by atoms with Crippen LogP contribution in [0, 0.1) is 17.5 Å². The summed E-state index contributed by atoms with van der Waals surface area (Å²) < 4.78 is 45.2. The van der Waals surface area contributed by atoms with Gasteiger partial charge in [-0.15, -0.1) is 0 Å². The first-order valence-corrected chi connectivity index (χ1v) is 5.95. The van der Waals surface area contributed by atoms with Gasteiger partial charge in [0.15, 0.2) is 11.6 Å². The van der Waals surface area contributed by atoms with Crippen LogP contribution in [0.1, 0.15) is 17.3 Å². The van der Waals surface area contributed by atoms with E-state index in [4.69, 9.17) is 4.74 Å². The first-order chi connectivity index (χ1) is 9.54. The van der Waals surface area contributed by atoms with Crippen LogP contribution in [0.25, 0.3) is 11.1 Å². The molecule has 0 spiro atoms. The summed E-state index contributed by atoms with van der Waals surface area (Å²) in [6.45, 7) is 1.74. The van der Waals surface area contributed by atoms with E-state index in [-0.39, 0.29) is 23.3 Å². The second kappa shape index (κ2) is 5.77. The number of benzene rings is 2. The van der Waals surface area contributed by atoms with Crippen molar-refractivity contribution in [1.82, 2.24) is 0 Å². The van der Waals surface area contributed by atoms with Crippen molar-refractivity contribution in [3.8, 4) is 11.1 Å². The number of ether oxygens (including phenoxy) is 1. The van der Waals surface area contributed by atoms with Gasteiger partial charge in [0.1, 0.15) is 5.82 Å². The SMILES string of the molecule is CCOC(=O)c1ccc(F)cc1-c1cccc(F)c1F. The van der Waals surface area contributed by atoms with Crippen LogP contribution in [-0.4, -0.2) is 12.6 Å². The molecule has 0 fully saturated rings. The number of hydrogen-bond acceptors (Lipinski definition) is 2. The van der Waals surface area contributed by atoms with Gasteiger partial charge in [0, 0.05) is 11.1 Å². The van der Waals surface area contributed by atoms with Crippen molar-refractivity contribution in [2.45, 2.75) is 6.92 Å². The average Bonchev–Trinajstić information content (AvgIpc) is 2.42. The molecule has 0 aliphatic heterocycles. The summed E-state index contributed by atoms with van der Waals surface area (Å²) in [5.41, 5.74) is -0.245. The van der Waals surface area contributed by atoms with Gasteiger partial charge >= 0.3 is 5.97 Å². The maximum Gasteiger partial charge on any atom is 0.338 e. The Balaban J connectivity index is 2.63. The summed E-state index contributed by atoms with van der Waals surface area (Å²) in [7, 11) is 0. The molecule has 0 radical (unpaired) electrons. The Labute approximate surface area is 113 Å². The quantitative estimate of drug-likeness (QED) is 0.796. The Morgan fingerprint density at radius 3 is 2.55 bits per heavy atom. The number of hydrogen-bond donors (Lipinski definition) is 0. The lowest BCUT2D eigenvalue weighted by molar-refractivity contribution is 0.0527. The van der Waals surface area contributed by atoms with Gasteiger partial charge < -0.3 is 4.74 Å². The van der Waals surface area contributed by atoms with Crippen molar-refractivity contribution in [2.75, 3.05) is 6.61 Å². The molecule has 0 aliphatic rings. The first kappa shape index (κ1) is 14.1. The number of esters is 1. The zero-order chi connectivity index (χ0) is 14.7. The van der Waals surface area contributed by atoms with E-state index < -0.39 is 23.4 Å². The van der Waals surface area contributed by atoms with Gasteiger partial charge in [-0.05, 0) is 31.2 Å². The zero-order valence-corrected chi connectivity index (χ0v) is 10.6. The Morgan fingerprint density at radius 2 is 1.85 bits per heavy atom. The van der Waals surface area contributed by atoms with Crippen molar-refractivity contribution in [2.24, 2.45) is 0 Å². The number of halogens is 3. The molecule has 0 saturated heterocycles. The van der Waals surface area contributed by atoms with Gasteiger partial charge in [0.2, 0.25) is 0 Å². The second-order valence-corrected chi connectivity index (χ2v) is 4.01. The Kier molecular flexibility index (Phi) is 4.08. The van der Waals surface area contributed by atoms with Crippen molar-refractivity contribution in [3.63, 3.8) is 0 Å². The molecule has 0 unspecified atom stereocenters. The standard InChI is InChI=1S/C15H11F3O2/c1-2-20-15(19)11-7-6-9(16)8-12(11)10-4-3-5-13(17)14(10)18/h3-8H,2H2,1H3. The van der Waals surface area contributed by atoms with Crippen LogP contribution < -0.4 is 0 Å². The van der Waals surface area contributed by atoms with E-state index in [1.165, 1.54) is 18.2 Å². The lowest BCUT2D eigenvalue weighted by Gasteiger charge is -2.10. The van der Waals surface area contributed by atoms with E-state index in [0.717, 1.165) is 18.2 Å². The zero-order valence-electron chi connectivity index (χ0n) is 10.6. The monoisotopic (exact) mass is 280 g/mol. The van der Waals surface area contributed by atoms with E-state index >= 15 is 0 Å². The third-order valence-electron chi connectivity index (χ3n) is 2.72. The van der Waals surface area contributed by atoms with Gasteiger partial charge in [0.05, 0.1) is 12.2 Å². The van der Waals surface area contributed by atoms with E-state index in [0.29, 0.717) is 0 Å².